The monoisotopic (exact) mass is 346 g/mol. The number of carbonyl (C=O) groups is 2. The van der Waals surface area contributed by atoms with Gasteiger partial charge in [0.15, 0.2) is 0 Å². The Bertz CT molecular complexity index is 804. The zero-order valence-corrected chi connectivity index (χ0v) is 13.7. The second kappa shape index (κ2) is 6.47. The van der Waals surface area contributed by atoms with E-state index in [0.29, 0.717) is 23.1 Å². The maximum atomic E-state index is 12.7. The minimum absolute atomic E-state index is 0.0794. The summed E-state index contributed by atoms with van der Waals surface area (Å²) in [6.07, 6.45) is -3.17. The van der Waals surface area contributed by atoms with Gasteiger partial charge in [-0.2, -0.15) is 13.2 Å². The Labute approximate surface area is 143 Å². The van der Waals surface area contributed by atoms with Gasteiger partial charge < -0.3 is 0 Å². The van der Waals surface area contributed by atoms with E-state index in [-0.39, 0.29) is 24.4 Å². The molecule has 0 aromatic heterocycles. The first kappa shape index (κ1) is 17.4. The molecular weight excluding hydrogens is 329 g/mol. The number of rotatable bonds is 3. The molecule has 0 N–H and O–H groups in total. The summed E-state index contributed by atoms with van der Waals surface area (Å²) in [6, 6.07) is 10.3. The number of aryl methyl sites for hydroxylation is 1. The second-order valence-electron chi connectivity index (χ2n) is 6.21. The Hall–Kier alpha value is -2.43. The number of carbonyl (C=O) groups excluding carboxylic acids is 2. The fourth-order valence-electron chi connectivity index (χ4n) is 3.28. The molecule has 0 saturated heterocycles. The third kappa shape index (κ3) is 3.36. The lowest BCUT2D eigenvalue weighted by Gasteiger charge is -2.15. The molecule has 1 aliphatic carbocycles. The summed E-state index contributed by atoms with van der Waals surface area (Å²) < 4.78 is 38.1. The number of Topliss-reactive ketones (excluding diaryl/α,β-unsaturated/α-hetero) is 2. The Morgan fingerprint density at radius 1 is 0.920 bits per heavy atom. The largest absolute Gasteiger partial charge is 0.416 e. The van der Waals surface area contributed by atoms with Gasteiger partial charge in [-0.15, -0.1) is 0 Å². The zero-order valence-electron chi connectivity index (χ0n) is 13.7. The van der Waals surface area contributed by atoms with Gasteiger partial charge in [0.25, 0.3) is 0 Å². The summed E-state index contributed by atoms with van der Waals surface area (Å²) in [5.74, 6) is -0.891. The SMILES string of the molecule is CCc1ccc(-c2ccc(C(F)(F)F)cc2)cc1C1C(=O)CCC1=O. The predicted molar refractivity (Wildman–Crippen MR) is 88.2 cm³/mol. The van der Waals surface area contributed by atoms with E-state index in [2.05, 4.69) is 0 Å². The number of benzene rings is 2. The second-order valence-corrected chi connectivity index (χ2v) is 6.21. The van der Waals surface area contributed by atoms with E-state index in [9.17, 15) is 22.8 Å². The molecule has 2 nitrogen and oxygen atoms in total. The summed E-state index contributed by atoms with van der Waals surface area (Å²) in [7, 11) is 0. The van der Waals surface area contributed by atoms with Gasteiger partial charge in [0, 0.05) is 12.8 Å². The van der Waals surface area contributed by atoms with E-state index < -0.39 is 17.7 Å². The molecule has 0 heterocycles. The highest BCUT2D eigenvalue weighted by Gasteiger charge is 2.35. The summed E-state index contributed by atoms with van der Waals surface area (Å²) in [6.45, 7) is 1.94. The van der Waals surface area contributed by atoms with Crippen molar-refractivity contribution in [3.05, 3.63) is 59.2 Å². The lowest BCUT2D eigenvalue weighted by molar-refractivity contribution is -0.137. The molecule has 0 radical (unpaired) electrons. The lowest BCUT2D eigenvalue weighted by atomic mass is 9.87. The molecule has 1 aliphatic rings. The van der Waals surface area contributed by atoms with Crippen molar-refractivity contribution in [3.63, 3.8) is 0 Å². The number of hydrogen-bond donors (Lipinski definition) is 0. The molecule has 2 aromatic carbocycles. The number of alkyl halides is 3. The third-order valence-corrected chi connectivity index (χ3v) is 4.65. The summed E-state index contributed by atoms with van der Waals surface area (Å²) in [5.41, 5.74) is 2.22. The molecule has 0 unspecified atom stereocenters. The van der Waals surface area contributed by atoms with Gasteiger partial charge in [0.2, 0.25) is 0 Å². The van der Waals surface area contributed by atoms with Gasteiger partial charge in [0.05, 0.1) is 5.56 Å². The fourth-order valence-corrected chi connectivity index (χ4v) is 3.28. The highest BCUT2D eigenvalue weighted by atomic mass is 19.4. The molecule has 0 bridgehead atoms. The molecule has 1 fully saturated rings. The third-order valence-electron chi connectivity index (χ3n) is 4.65. The molecule has 0 aliphatic heterocycles. The van der Waals surface area contributed by atoms with Crippen molar-refractivity contribution in [2.24, 2.45) is 0 Å². The van der Waals surface area contributed by atoms with Crippen LogP contribution in [0.15, 0.2) is 42.5 Å². The minimum atomic E-state index is -4.38. The lowest BCUT2D eigenvalue weighted by Crippen LogP contribution is -2.14. The van der Waals surface area contributed by atoms with Crippen LogP contribution in [0.2, 0.25) is 0 Å². The molecule has 5 heteroatoms. The van der Waals surface area contributed by atoms with Crippen LogP contribution in [0.5, 0.6) is 0 Å². The first-order chi connectivity index (χ1) is 11.8. The van der Waals surface area contributed by atoms with Gasteiger partial charge in [0.1, 0.15) is 17.5 Å². The number of halogens is 3. The summed E-state index contributed by atoms with van der Waals surface area (Å²) >= 11 is 0. The quantitative estimate of drug-likeness (QED) is 0.737. The Morgan fingerprint density at radius 2 is 1.48 bits per heavy atom. The van der Waals surface area contributed by atoms with Crippen molar-refractivity contribution in [1.29, 1.82) is 0 Å². The molecule has 0 amide bonds. The number of ketones is 2. The van der Waals surface area contributed by atoms with Crippen molar-refractivity contribution < 1.29 is 22.8 Å². The van der Waals surface area contributed by atoms with Crippen molar-refractivity contribution in [2.75, 3.05) is 0 Å². The van der Waals surface area contributed by atoms with Crippen LogP contribution in [-0.4, -0.2) is 11.6 Å². The normalized spacial score (nSPS) is 15.8. The topological polar surface area (TPSA) is 34.1 Å². The van der Waals surface area contributed by atoms with Crippen LogP contribution < -0.4 is 0 Å². The van der Waals surface area contributed by atoms with Crippen LogP contribution >= 0.6 is 0 Å². The first-order valence-corrected chi connectivity index (χ1v) is 8.17. The molecule has 1 saturated carbocycles. The predicted octanol–water partition coefficient (Wildman–Crippen LogP) is 4.95. The molecule has 130 valence electrons. The average Bonchev–Trinajstić information content (AvgIpc) is 2.92. The van der Waals surface area contributed by atoms with Crippen molar-refractivity contribution >= 4 is 11.6 Å². The molecule has 3 rings (SSSR count). The Kier molecular flexibility index (Phi) is 4.50. The molecular formula is C20H17F3O2. The summed E-state index contributed by atoms with van der Waals surface area (Å²) in [4.78, 5) is 24.2. The van der Waals surface area contributed by atoms with E-state index in [0.717, 1.165) is 17.7 Å². The highest BCUT2D eigenvalue weighted by Crippen LogP contribution is 2.35. The van der Waals surface area contributed by atoms with Crippen LogP contribution in [0, 0.1) is 0 Å². The Balaban J connectivity index is 2.02. The van der Waals surface area contributed by atoms with Crippen molar-refractivity contribution in [1.82, 2.24) is 0 Å². The van der Waals surface area contributed by atoms with Gasteiger partial charge in [-0.05, 0) is 46.9 Å². The van der Waals surface area contributed by atoms with Crippen LogP contribution in [-0.2, 0) is 22.2 Å². The Morgan fingerprint density at radius 3 is 2.00 bits per heavy atom. The fraction of sp³-hybridized carbons (Fsp3) is 0.300. The molecule has 2 aromatic rings. The zero-order chi connectivity index (χ0) is 18.2. The maximum absolute atomic E-state index is 12.7. The number of hydrogen-bond acceptors (Lipinski definition) is 2. The van der Waals surface area contributed by atoms with Crippen molar-refractivity contribution in [3.8, 4) is 11.1 Å². The molecule has 0 spiro atoms. The van der Waals surface area contributed by atoms with Crippen molar-refractivity contribution in [2.45, 2.75) is 38.3 Å². The van der Waals surface area contributed by atoms with Crippen LogP contribution in [0.25, 0.3) is 11.1 Å². The first-order valence-electron chi connectivity index (χ1n) is 8.17. The van der Waals surface area contributed by atoms with E-state index in [4.69, 9.17) is 0 Å². The van der Waals surface area contributed by atoms with E-state index in [1.54, 1.807) is 6.07 Å². The maximum Gasteiger partial charge on any atom is 0.416 e. The standard InChI is InChI=1S/C20H17F3O2/c1-2-12-3-4-14(11-16(12)19-17(24)9-10-18(19)25)13-5-7-15(8-6-13)20(21,22)23/h3-8,11,19H,2,9-10H2,1H3. The molecule has 0 atom stereocenters. The van der Waals surface area contributed by atoms with Gasteiger partial charge in [-0.3, -0.25) is 9.59 Å². The van der Waals surface area contributed by atoms with Crippen LogP contribution in [0.1, 0.15) is 42.4 Å². The van der Waals surface area contributed by atoms with Crippen LogP contribution in [0.4, 0.5) is 13.2 Å². The molecule has 25 heavy (non-hydrogen) atoms. The highest BCUT2D eigenvalue weighted by molar-refractivity contribution is 6.13. The van der Waals surface area contributed by atoms with Crippen LogP contribution in [0.3, 0.4) is 0 Å². The van der Waals surface area contributed by atoms with E-state index in [1.165, 1.54) is 12.1 Å². The van der Waals surface area contributed by atoms with E-state index in [1.807, 2.05) is 19.1 Å². The van der Waals surface area contributed by atoms with Gasteiger partial charge in [-0.25, -0.2) is 0 Å². The van der Waals surface area contributed by atoms with Gasteiger partial charge in [-0.1, -0.05) is 31.2 Å². The van der Waals surface area contributed by atoms with E-state index >= 15 is 0 Å². The van der Waals surface area contributed by atoms with Gasteiger partial charge >= 0.3 is 6.18 Å². The minimum Gasteiger partial charge on any atom is -0.299 e. The smallest absolute Gasteiger partial charge is 0.299 e. The average molecular weight is 346 g/mol. The summed E-state index contributed by atoms with van der Waals surface area (Å²) in [5, 5.41) is 0.